The first-order valence-corrected chi connectivity index (χ1v) is 16.0. The number of benzene rings is 1. The maximum Gasteiger partial charge on any atom is 0.305 e. The third kappa shape index (κ3) is 4.70. The first-order valence-electron chi connectivity index (χ1n) is 15.6. The number of esters is 1. The van der Waals surface area contributed by atoms with Crippen LogP contribution in [0.4, 0.5) is 0 Å². The van der Waals surface area contributed by atoms with Crippen LogP contribution in [0.3, 0.4) is 0 Å². The van der Waals surface area contributed by atoms with Gasteiger partial charge in [-0.1, -0.05) is 51.1 Å². The highest BCUT2D eigenvalue weighted by Gasteiger charge is 2.60. The van der Waals surface area contributed by atoms with Crippen LogP contribution in [-0.4, -0.2) is 33.7 Å². The van der Waals surface area contributed by atoms with Crippen LogP contribution in [0, 0.1) is 51.1 Å². The van der Waals surface area contributed by atoms with Gasteiger partial charge in [-0.2, -0.15) is 14.9 Å². The van der Waals surface area contributed by atoms with Crippen LogP contribution in [0.5, 0.6) is 0 Å². The molecule has 0 spiro atoms. The molecule has 0 unspecified atom stereocenters. The zero-order valence-corrected chi connectivity index (χ0v) is 25.5. The lowest BCUT2D eigenvalue weighted by molar-refractivity contribution is -0.141. The second kappa shape index (κ2) is 10.8. The van der Waals surface area contributed by atoms with Crippen molar-refractivity contribution in [2.45, 2.75) is 91.4 Å². The topological polar surface area (TPSA) is 72.3 Å². The molecule has 1 heterocycles. The summed E-state index contributed by atoms with van der Waals surface area (Å²) in [5.41, 5.74) is 3.13. The van der Waals surface area contributed by atoms with Gasteiger partial charge < -0.3 is 4.74 Å². The first kappa shape index (κ1) is 27.9. The summed E-state index contributed by atoms with van der Waals surface area (Å²) in [6.45, 7) is 7.63. The summed E-state index contributed by atoms with van der Waals surface area (Å²) in [7, 11) is 1.51. The number of fused-ring (bicyclic) bond motifs is 5. The summed E-state index contributed by atoms with van der Waals surface area (Å²) in [6.07, 6.45) is 13.0. The van der Waals surface area contributed by atoms with Crippen molar-refractivity contribution in [1.82, 2.24) is 14.9 Å². The molecule has 40 heavy (non-hydrogen) atoms. The van der Waals surface area contributed by atoms with Gasteiger partial charge in [0.2, 0.25) is 4.77 Å². The van der Waals surface area contributed by atoms with Gasteiger partial charge in [-0.05, 0) is 123 Å². The summed E-state index contributed by atoms with van der Waals surface area (Å²) >= 11 is 5.59. The van der Waals surface area contributed by atoms with Gasteiger partial charge in [-0.15, -0.1) is 0 Å². The van der Waals surface area contributed by atoms with Crippen molar-refractivity contribution in [2.24, 2.45) is 51.4 Å². The van der Waals surface area contributed by atoms with E-state index in [0.29, 0.717) is 33.9 Å². The molecular formula is C33H46N4O2S. The standard InChI is InChI=1S/C33H46N4O2S/c1-21(10-15-29(38)39-4)26-13-14-27-25-12-11-23-20-24(16-18-32(23,2)28(25)17-19-33(26,27)3)36-37-30(34-35-31(37)40)22-8-6-5-7-9-22/h5-9,21,23,25-28H,10-20H2,1-4H3,(H,35,40)/b36-24-/t21-,23-,25+,26-,27+,28+,32+,33-/m1/s1. The zero-order chi connectivity index (χ0) is 28.1. The minimum Gasteiger partial charge on any atom is -0.469 e. The summed E-state index contributed by atoms with van der Waals surface area (Å²) in [6, 6.07) is 10.2. The molecule has 0 aliphatic heterocycles. The molecule has 0 radical (unpaired) electrons. The highest BCUT2D eigenvalue weighted by molar-refractivity contribution is 7.71. The maximum absolute atomic E-state index is 11.8. The molecule has 0 saturated heterocycles. The van der Waals surface area contributed by atoms with Crippen LogP contribution in [0.2, 0.25) is 0 Å². The predicted molar refractivity (Wildman–Crippen MR) is 161 cm³/mol. The summed E-state index contributed by atoms with van der Waals surface area (Å²) < 4.78 is 7.35. The molecule has 2 aromatic rings. The monoisotopic (exact) mass is 562 g/mol. The van der Waals surface area contributed by atoms with Crippen molar-refractivity contribution in [3.8, 4) is 11.4 Å². The third-order valence-corrected chi connectivity index (χ3v) is 12.5. The molecule has 0 amide bonds. The van der Waals surface area contributed by atoms with Crippen LogP contribution in [0.25, 0.3) is 11.4 Å². The summed E-state index contributed by atoms with van der Waals surface area (Å²) in [5.74, 6) is 5.25. The molecule has 4 aliphatic carbocycles. The molecule has 4 fully saturated rings. The Morgan fingerprint density at radius 3 is 2.67 bits per heavy atom. The Balaban J connectivity index is 1.17. The molecule has 6 rings (SSSR count). The number of carbonyl (C=O) groups excluding carboxylic acids is 1. The number of rotatable bonds is 6. The number of hydrogen-bond donors (Lipinski definition) is 1. The Morgan fingerprint density at radius 1 is 1.12 bits per heavy atom. The number of nitrogens with one attached hydrogen (secondary N) is 1. The van der Waals surface area contributed by atoms with E-state index in [1.807, 2.05) is 22.9 Å². The predicted octanol–water partition coefficient (Wildman–Crippen LogP) is 8.06. The lowest BCUT2D eigenvalue weighted by Gasteiger charge is -2.61. The number of hydrogen-bond acceptors (Lipinski definition) is 5. The minimum atomic E-state index is -0.0619. The Hall–Kier alpha value is -2.28. The Kier molecular flexibility index (Phi) is 7.56. The maximum atomic E-state index is 11.8. The summed E-state index contributed by atoms with van der Waals surface area (Å²) in [4.78, 5) is 11.8. The van der Waals surface area contributed by atoms with Crippen LogP contribution in [-0.2, 0) is 9.53 Å². The van der Waals surface area contributed by atoms with Gasteiger partial charge in [-0.25, -0.2) is 5.10 Å². The van der Waals surface area contributed by atoms with Crippen LogP contribution >= 0.6 is 12.2 Å². The van der Waals surface area contributed by atoms with Crippen LogP contribution in [0.1, 0.15) is 91.4 Å². The van der Waals surface area contributed by atoms with Gasteiger partial charge in [0, 0.05) is 17.7 Å². The smallest absolute Gasteiger partial charge is 0.305 e. The molecule has 4 aliphatic rings. The number of nitrogens with zero attached hydrogens (tertiary/aromatic N) is 3. The fourth-order valence-corrected chi connectivity index (χ4v) is 10.2. The molecule has 8 atom stereocenters. The lowest BCUT2D eigenvalue weighted by Crippen LogP contribution is -2.53. The van der Waals surface area contributed by atoms with Crippen LogP contribution < -0.4 is 0 Å². The quantitative estimate of drug-likeness (QED) is 0.285. The van der Waals surface area contributed by atoms with Crippen molar-refractivity contribution in [1.29, 1.82) is 0 Å². The Morgan fingerprint density at radius 2 is 1.90 bits per heavy atom. The van der Waals surface area contributed by atoms with E-state index in [2.05, 4.69) is 43.1 Å². The van der Waals surface area contributed by atoms with Crippen molar-refractivity contribution >= 4 is 23.9 Å². The van der Waals surface area contributed by atoms with E-state index in [4.69, 9.17) is 22.1 Å². The number of H-pyrrole nitrogens is 1. The largest absolute Gasteiger partial charge is 0.469 e. The van der Waals surface area contributed by atoms with Gasteiger partial charge in [0.1, 0.15) is 0 Å². The SMILES string of the molecule is COC(=O)CC[C@@H](C)[C@H]1CC[C@H]2[C@@H]3CC[C@@H]4C/C(=N\n5c(-c6ccccc6)n[nH]c5=S)CC[C@]4(C)[C@H]3CC[C@]12C. The van der Waals surface area contributed by atoms with E-state index in [1.165, 1.54) is 57.8 Å². The average molecular weight is 563 g/mol. The van der Waals surface area contributed by atoms with Crippen LogP contribution in [0.15, 0.2) is 35.4 Å². The van der Waals surface area contributed by atoms with Crippen molar-refractivity contribution < 1.29 is 9.53 Å². The molecule has 1 aromatic carbocycles. The van der Waals surface area contributed by atoms with Crippen molar-refractivity contribution in [3.05, 3.63) is 35.1 Å². The first-order chi connectivity index (χ1) is 19.2. The van der Waals surface area contributed by atoms with Gasteiger partial charge >= 0.3 is 5.97 Å². The fourth-order valence-electron chi connectivity index (χ4n) is 10.1. The average Bonchev–Trinajstić information content (AvgIpc) is 3.51. The second-order valence-corrected chi connectivity index (χ2v) is 14.3. The number of carbonyl (C=O) groups is 1. The van der Waals surface area contributed by atoms with E-state index in [-0.39, 0.29) is 5.97 Å². The fraction of sp³-hybridized carbons (Fsp3) is 0.697. The molecule has 0 bridgehead atoms. The number of aromatic amines is 1. The van der Waals surface area contributed by atoms with Gasteiger partial charge in [-0.3, -0.25) is 4.79 Å². The van der Waals surface area contributed by atoms with Gasteiger partial charge in [0.05, 0.1) is 7.11 Å². The zero-order valence-electron chi connectivity index (χ0n) is 24.7. The molecular weight excluding hydrogens is 516 g/mol. The number of ether oxygens (including phenoxy) is 1. The van der Waals surface area contributed by atoms with Gasteiger partial charge in [0.25, 0.3) is 0 Å². The van der Waals surface area contributed by atoms with E-state index in [0.717, 1.165) is 54.3 Å². The lowest BCUT2D eigenvalue weighted by atomic mass is 9.44. The van der Waals surface area contributed by atoms with Crippen molar-refractivity contribution in [3.63, 3.8) is 0 Å². The highest BCUT2D eigenvalue weighted by atomic mass is 32.1. The van der Waals surface area contributed by atoms with E-state index in [9.17, 15) is 4.79 Å². The molecule has 1 N–H and O–H groups in total. The van der Waals surface area contributed by atoms with Gasteiger partial charge in [0.15, 0.2) is 5.82 Å². The molecule has 216 valence electrons. The highest BCUT2D eigenvalue weighted by Crippen LogP contribution is 2.68. The number of methoxy groups -OCH3 is 1. The minimum absolute atomic E-state index is 0.0619. The Bertz CT molecular complexity index is 1320. The van der Waals surface area contributed by atoms with E-state index in [1.54, 1.807) is 0 Å². The molecule has 7 heteroatoms. The normalized spacial score (nSPS) is 36.9. The third-order valence-electron chi connectivity index (χ3n) is 12.2. The molecule has 1 aromatic heterocycles. The second-order valence-electron chi connectivity index (χ2n) is 13.9. The van der Waals surface area contributed by atoms with E-state index >= 15 is 0 Å². The van der Waals surface area contributed by atoms with E-state index < -0.39 is 0 Å². The summed E-state index contributed by atoms with van der Waals surface area (Å²) in [5, 5.41) is 12.6. The number of aromatic nitrogens is 3. The Labute approximate surface area is 244 Å². The van der Waals surface area contributed by atoms with Crippen molar-refractivity contribution in [2.75, 3.05) is 7.11 Å². The molecule has 4 saturated carbocycles. The molecule has 6 nitrogen and oxygen atoms in total.